The van der Waals surface area contributed by atoms with E-state index in [9.17, 15) is 4.79 Å². The lowest BCUT2D eigenvalue weighted by Gasteiger charge is -2.21. The third-order valence-electron chi connectivity index (χ3n) is 3.46. The van der Waals surface area contributed by atoms with Crippen LogP contribution in [0.5, 0.6) is 0 Å². The second kappa shape index (κ2) is 6.11. The van der Waals surface area contributed by atoms with Crippen molar-refractivity contribution >= 4 is 5.97 Å². The van der Waals surface area contributed by atoms with Crippen molar-refractivity contribution in [3.8, 4) is 0 Å². The molecule has 3 heteroatoms. The SMILES string of the molecule is COC(=O)C(C)CN[C@H](C)C1CCCC1. The molecule has 0 aliphatic heterocycles. The summed E-state index contributed by atoms with van der Waals surface area (Å²) in [5, 5.41) is 3.44. The van der Waals surface area contributed by atoms with Crippen LogP contribution in [-0.2, 0) is 9.53 Å². The molecule has 0 radical (unpaired) electrons. The molecule has 2 atom stereocenters. The number of esters is 1. The van der Waals surface area contributed by atoms with E-state index < -0.39 is 0 Å². The van der Waals surface area contributed by atoms with E-state index in [1.54, 1.807) is 0 Å². The highest BCUT2D eigenvalue weighted by molar-refractivity contribution is 5.72. The molecule has 0 aromatic carbocycles. The van der Waals surface area contributed by atoms with Crippen LogP contribution in [0.15, 0.2) is 0 Å². The van der Waals surface area contributed by atoms with E-state index in [1.165, 1.54) is 32.8 Å². The Kier molecular flexibility index (Phi) is 5.09. The smallest absolute Gasteiger partial charge is 0.309 e. The van der Waals surface area contributed by atoms with E-state index >= 15 is 0 Å². The molecule has 0 bridgehead atoms. The third-order valence-corrected chi connectivity index (χ3v) is 3.46. The van der Waals surface area contributed by atoms with Crippen LogP contribution in [-0.4, -0.2) is 25.7 Å². The topological polar surface area (TPSA) is 38.3 Å². The van der Waals surface area contributed by atoms with Crippen LogP contribution in [0.3, 0.4) is 0 Å². The molecule has 0 heterocycles. The second-order valence-corrected chi connectivity index (χ2v) is 4.67. The van der Waals surface area contributed by atoms with Crippen molar-refractivity contribution in [3.05, 3.63) is 0 Å². The minimum absolute atomic E-state index is 0.0427. The largest absolute Gasteiger partial charge is 0.469 e. The molecule has 1 rings (SSSR count). The van der Waals surface area contributed by atoms with Crippen LogP contribution in [0.4, 0.5) is 0 Å². The maximum absolute atomic E-state index is 11.2. The highest BCUT2D eigenvalue weighted by Gasteiger charge is 2.22. The molecule has 1 aliphatic carbocycles. The second-order valence-electron chi connectivity index (χ2n) is 4.67. The van der Waals surface area contributed by atoms with Gasteiger partial charge < -0.3 is 10.1 Å². The third kappa shape index (κ3) is 3.82. The fourth-order valence-electron chi connectivity index (χ4n) is 2.27. The summed E-state index contributed by atoms with van der Waals surface area (Å²) in [5.74, 6) is 0.634. The molecule has 1 saturated carbocycles. The summed E-state index contributed by atoms with van der Waals surface area (Å²) in [4.78, 5) is 11.2. The maximum Gasteiger partial charge on any atom is 0.309 e. The average Bonchev–Trinajstić information content (AvgIpc) is 2.77. The maximum atomic E-state index is 11.2. The minimum Gasteiger partial charge on any atom is -0.469 e. The van der Waals surface area contributed by atoms with Crippen molar-refractivity contribution in [1.29, 1.82) is 0 Å². The Hall–Kier alpha value is -0.570. The molecule has 0 aromatic rings. The summed E-state index contributed by atoms with van der Waals surface area (Å²) in [6.45, 7) is 4.85. The van der Waals surface area contributed by atoms with E-state index in [0.29, 0.717) is 6.04 Å². The van der Waals surface area contributed by atoms with Crippen molar-refractivity contribution in [1.82, 2.24) is 5.32 Å². The molecule has 0 amide bonds. The molecule has 0 aromatic heterocycles. The van der Waals surface area contributed by atoms with Gasteiger partial charge in [-0.15, -0.1) is 0 Å². The van der Waals surface area contributed by atoms with Gasteiger partial charge in [0.15, 0.2) is 0 Å². The Morgan fingerprint density at radius 3 is 2.53 bits per heavy atom. The first-order chi connectivity index (χ1) is 7.15. The number of hydrogen-bond donors (Lipinski definition) is 1. The first-order valence-electron chi connectivity index (χ1n) is 5.96. The zero-order valence-electron chi connectivity index (χ0n) is 10.1. The zero-order chi connectivity index (χ0) is 11.3. The average molecular weight is 213 g/mol. The van der Waals surface area contributed by atoms with E-state index in [2.05, 4.69) is 12.2 Å². The van der Waals surface area contributed by atoms with Gasteiger partial charge in [0, 0.05) is 12.6 Å². The number of rotatable bonds is 5. The first-order valence-corrected chi connectivity index (χ1v) is 5.96. The highest BCUT2D eigenvalue weighted by atomic mass is 16.5. The molecular weight excluding hydrogens is 190 g/mol. The summed E-state index contributed by atoms with van der Waals surface area (Å²) in [5.41, 5.74) is 0. The van der Waals surface area contributed by atoms with Crippen molar-refractivity contribution in [2.75, 3.05) is 13.7 Å². The van der Waals surface area contributed by atoms with Gasteiger partial charge in [-0.25, -0.2) is 0 Å². The number of methoxy groups -OCH3 is 1. The molecule has 15 heavy (non-hydrogen) atoms. The molecule has 0 saturated heterocycles. The van der Waals surface area contributed by atoms with Gasteiger partial charge in [0.25, 0.3) is 0 Å². The van der Waals surface area contributed by atoms with Gasteiger partial charge in [0.2, 0.25) is 0 Å². The minimum atomic E-state index is -0.124. The van der Waals surface area contributed by atoms with Crippen molar-refractivity contribution in [2.24, 2.45) is 11.8 Å². The van der Waals surface area contributed by atoms with E-state index in [-0.39, 0.29) is 11.9 Å². The van der Waals surface area contributed by atoms with Crippen molar-refractivity contribution in [2.45, 2.75) is 45.6 Å². The molecule has 1 N–H and O–H groups in total. The van der Waals surface area contributed by atoms with Gasteiger partial charge in [-0.3, -0.25) is 4.79 Å². The molecular formula is C12H23NO2. The van der Waals surface area contributed by atoms with Crippen LogP contribution < -0.4 is 5.32 Å². The van der Waals surface area contributed by atoms with Gasteiger partial charge in [0.1, 0.15) is 0 Å². The van der Waals surface area contributed by atoms with Gasteiger partial charge in [-0.1, -0.05) is 19.8 Å². The summed E-state index contributed by atoms with van der Waals surface area (Å²) in [6, 6.07) is 0.527. The number of carbonyl (C=O) groups excluding carboxylic acids is 1. The lowest BCUT2D eigenvalue weighted by atomic mass is 9.99. The van der Waals surface area contributed by atoms with Crippen LogP contribution in [0.2, 0.25) is 0 Å². The van der Waals surface area contributed by atoms with Gasteiger partial charge in [0.05, 0.1) is 13.0 Å². The Labute approximate surface area is 92.6 Å². The summed E-state index contributed by atoms with van der Waals surface area (Å²) < 4.78 is 4.69. The monoisotopic (exact) mass is 213 g/mol. The Morgan fingerprint density at radius 2 is 2.00 bits per heavy atom. The summed E-state index contributed by atoms with van der Waals surface area (Å²) in [6.07, 6.45) is 5.40. The quantitative estimate of drug-likeness (QED) is 0.709. The molecule has 0 spiro atoms. The number of hydrogen-bond acceptors (Lipinski definition) is 3. The molecule has 1 fully saturated rings. The van der Waals surface area contributed by atoms with Crippen LogP contribution in [0.1, 0.15) is 39.5 Å². The normalized spacial score (nSPS) is 21.3. The molecule has 88 valence electrons. The van der Waals surface area contributed by atoms with Gasteiger partial charge in [-0.2, -0.15) is 0 Å². The van der Waals surface area contributed by atoms with E-state index in [1.807, 2.05) is 6.92 Å². The number of ether oxygens (including phenoxy) is 1. The lowest BCUT2D eigenvalue weighted by Crippen LogP contribution is -2.37. The number of nitrogens with one attached hydrogen (secondary N) is 1. The standard InChI is InChI=1S/C12H23NO2/c1-9(12(14)15-3)8-13-10(2)11-6-4-5-7-11/h9-11,13H,4-8H2,1-3H3/t9?,10-/m1/s1. The molecule has 1 unspecified atom stereocenters. The molecule has 3 nitrogen and oxygen atoms in total. The lowest BCUT2D eigenvalue weighted by molar-refractivity contribution is -0.144. The molecule has 1 aliphatic rings. The van der Waals surface area contributed by atoms with Crippen molar-refractivity contribution in [3.63, 3.8) is 0 Å². The van der Waals surface area contributed by atoms with E-state index in [4.69, 9.17) is 4.74 Å². The zero-order valence-corrected chi connectivity index (χ0v) is 10.1. The predicted octanol–water partition coefficient (Wildman–Crippen LogP) is 1.96. The van der Waals surface area contributed by atoms with Crippen LogP contribution in [0, 0.1) is 11.8 Å². The first kappa shape index (κ1) is 12.5. The predicted molar refractivity (Wildman–Crippen MR) is 60.6 cm³/mol. The number of carbonyl (C=O) groups is 1. The Morgan fingerprint density at radius 1 is 1.40 bits per heavy atom. The summed E-state index contributed by atoms with van der Waals surface area (Å²) >= 11 is 0. The van der Waals surface area contributed by atoms with E-state index in [0.717, 1.165) is 12.5 Å². The van der Waals surface area contributed by atoms with Crippen LogP contribution >= 0.6 is 0 Å². The summed E-state index contributed by atoms with van der Waals surface area (Å²) in [7, 11) is 1.44. The van der Waals surface area contributed by atoms with Crippen LogP contribution in [0.25, 0.3) is 0 Å². The fraction of sp³-hybridized carbons (Fsp3) is 0.917. The fourth-order valence-corrected chi connectivity index (χ4v) is 2.27. The van der Waals surface area contributed by atoms with Gasteiger partial charge >= 0.3 is 5.97 Å². The Bertz CT molecular complexity index is 200. The Balaban J connectivity index is 2.20. The highest BCUT2D eigenvalue weighted by Crippen LogP contribution is 2.27. The van der Waals surface area contributed by atoms with Gasteiger partial charge in [-0.05, 0) is 25.7 Å². The van der Waals surface area contributed by atoms with Crippen molar-refractivity contribution < 1.29 is 9.53 Å².